The highest BCUT2D eigenvalue weighted by atomic mass is 16.5. The van der Waals surface area contributed by atoms with E-state index < -0.39 is 0 Å². The SMILES string of the molecule is COc1ccc(CCC(=O)N(C)C2CC3CCC(C2)N3)cc1OC. The molecule has 2 heterocycles. The molecule has 0 spiro atoms. The first-order valence-electron chi connectivity index (χ1n) is 8.83. The van der Waals surface area contributed by atoms with Crippen molar-refractivity contribution in [3.8, 4) is 11.5 Å². The van der Waals surface area contributed by atoms with Gasteiger partial charge in [-0.25, -0.2) is 0 Å². The summed E-state index contributed by atoms with van der Waals surface area (Å²) in [7, 11) is 5.22. The second kappa shape index (κ2) is 7.43. The number of nitrogens with one attached hydrogen (secondary N) is 1. The summed E-state index contributed by atoms with van der Waals surface area (Å²) in [4.78, 5) is 14.6. The van der Waals surface area contributed by atoms with E-state index in [4.69, 9.17) is 9.47 Å². The summed E-state index contributed by atoms with van der Waals surface area (Å²) in [5.41, 5.74) is 1.10. The van der Waals surface area contributed by atoms with Crippen LogP contribution in [-0.2, 0) is 11.2 Å². The van der Waals surface area contributed by atoms with Crippen molar-refractivity contribution >= 4 is 5.91 Å². The van der Waals surface area contributed by atoms with Gasteiger partial charge in [-0.2, -0.15) is 0 Å². The highest BCUT2D eigenvalue weighted by Crippen LogP contribution is 2.30. The summed E-state index contributed by atoms with van der Waals surface area (Å²) in [5, 5.41) is 3.63. The van der Waals surface area contributed by atoms with Gasteiger partial charge < -0.3 is 19.7 Å². The fraction of sp³-hybridized carbons (Fsp3) is 0.632. The molecule has 1 aromatic rings. The zero-order valence-electron chi connectivity index (χ0n) is 14.9. The van der Waals surface area contributed by atoms with Gasteiger partial charge in [0.15, 0.2) is 11.5 Å². The van der Waals surface area contributed by atoms with Gasteiger partial charge >= 0.3 is 0 Å². The first-order valence-corrected chi connectivity index (χ1v) is 8.83. The van der Waals surface area contributed by atoms with Crippen LogP contribution >= 0.6 is 0 Å². The lowest BCUT2D eigenvalue weighted by Gasteiger charge is -2.35. The topological polar surface area (TPSA) is 50.8 Å². The molecular weight excluding hydrogens is 304 g/mol. The van der Waals surface area contributed by atoms with Crippen LogP contribution in [0.3, 0.4) is 0 Å². The third kappa shape index (κ3) is 3.66. The molecular formula is C19H28N2O3. The summed E-state index contributed by atoms with van der Waals surface area (Å²) < 4.78 is 10.6. The Labute approximate surface area is 144 Å². The average Bonchev–Trinajstić information content (AvgIpc) is 2.96. The van der Waals surface area contributed by atoms with Crippen molar-refractivity contribution in [1.82, 2.24) is 10.2 Å². The van der Waals surface area contributed by atoms with E-state index in [0.717, 1.165) is 30.6 Å². The van der Waals surface area contributed by atoms with Gasteiger partial charge in [-0.15, -0.1) is 0 Å². The van der Waals surface area contributed by atoms with Gasteiger partial charge in [-0.1, -0.05) is 6.07 Å². The molecule has 24 heavy (non-hydrogen) atoms. The van der Waals surface area contributed by atoms with Crippen molar-refractivity contribution in [2.24, 2.45) is 0 Å². The lowest BCUT2D eigenvalue weighted by molar-refractivity contribution is -0.132. The van der Waals surface area contributed by atoms with E-state index in [1.807, 2.05) is 30.1 Å². The highest BCUT2D eigenvalue weighted by molar-refractivity contribution is 5.76. The van der Waals surface area contributed by atoms with Crippen molar-refractivity contribution in [2.45, 2.75) is 56.7 Å². The minimum Gasteiger partial charge on any atom is -0.493 e. The van der Waals surface area contributed by atoms with E-state index in [1.165, 1.54) is 12.8 Å². The molecule has 1 aromatic carbocycles. The van der Waals surface area contributed by atoms with Gasteiger partial charge in [0.2, 0.25) is 5.91 Å². The Morgan fingerprint density at radius 1 is 1.17 bits per heavy atom. The van der Waals surface area contributed by atoms with Crippen molar-refractivity contribution in [3.05, 3.63) is 23.8 Å². The number of hydrogen-bond donors (Lipinski definition) is 1. The summed E-state index contributed by atoms with van der Waals surface area (Å²) in [6.45, 7) is 0. The summed E-state index contributed by atoms with van der Waals surface area (Å²) >= 11 is 0. The quantitative estimate of drug-likeness (QED) is 0.869. The number of methoxy groups -OCH3 is 2. The summed E-state index contributed by atoms with van der Waals surface area (Å²) in [6, 6.07) is 7.45. The van der Waals surface area contributed by atoms with E-state index in [-0.39, 0.29) is 5.91 Å². The molecule has 5 nitrogen and oxygen atoms in total. The average molecular weight is 332 g/mol. The van der Waals surface area contributed by atoms with E-state index >= 15 is 0 Å². The predicted octanol–water partition coefficient (Wildman–Crippen LogP) is 2.38. The third-order valence-electron chi connectivity index (χ3n) is 5.46. The maximum Gasteiger partial charge on any atom is 0.222 e. The lowest BCUT2D eigenvalue weighted by atomic mass is 9.98. The van der Waals surface area contributed by atoms with Gasteiger partial charge in [0.05, 0.1) is 14.2 Å². The molecule has 5 heteroatoms. The molecule has 2 aliphatic rings. The summed E-state index contributed by atoms with van der Waals surface area (Å²) in [5.74, 6) is 1.66. The second-order valence-corrected chi connectivity index (χ2v) is 6.96. The van der Waals surface area contributed by atoms with Gasteiger partial charge in [0, 0.05) is 31.6 Å². The molecule has 2 atom stereocenters. The van der Waals surface area contributed by atoms with E-state index in [2.05, 4.69) is 5.32 Å². The number of amides is 1. The largest absolute Gasteiger partial charge is 0.493 e. The number of rotatable bonds is 6. The third-order valence-corrected chi connectivity index (χ3v) is 5.46. The smallest absolute Gasteiger partial charge is 0.222 e. The Morgan fingerprint density at radius 3 is 2.46 bits per heavy atom. The number of nitrogens with zero attached hydrogens (tertiary/aromatic N) is 1. The highest BCUT2D eigenvalue weighted by Gasteiger charge is 2.36. The Bertz CT molecular complexity index is 578. The molecule has 2 fully saturated rings. The lowest BCUT2D eigenvalue weighted by Crippen LogP contribution is -2.48. The fourth-order valence-electron chi connectivity index (χ4n) is 4.01. The Kier molecular flexibility index (Phi) is 5.29. The molecule has 3 rings (SSSR count). The van der Waals surface area contributed by atoms with E-state index in [1.54, 1.807) is 14.2 Å². The van der Waals surface area contributed by atoms with Crippen LogP contribution < -0.4 is 14.8 Å². The van der Waals surface area contributed by atoms with Crippen LogP contribution in [0.2, 0.25) is 0 Å². The van der Waals surface area contributed by atoms with Gasteiger partial charge in [0.25, 0.3) is 0 Å². The van der Waals surface area contributed by atoms with Crippen LogP contribution in [0, 0.1) is 0 Å². The Balaban J connectivity index is 1.55. The number of ether oxygens (including phenoxy) is 2. The van der Waals surface area contributed by atoms with Gasteiger partial charge in [-0.05, 0) is 49.8 Å². The van der Waals surface area contributed by atoms with Crippen molar-refractivity contribution < 1.29 is 14.3 Å². The van der Waals surface area contributed by atoms with E-state index in [0.29, 0.717) is 30.3 Å². The maximum atomic E-state index is 12.6. The number of carbonyl (C=O) groups excluding carboxylic acids is 1. The first kappa shape index (κ1) is 17.1. The Morgan fingerprint density at radius 2 is 1.83 bits per heavy atom. The number of fused-ring (bicyclic) bond motifs is 2. The molecule has 0 aromatic heterocycles. The molecule has 0 aliphatic carbocycles. The molecule has 2 saturated heterocycles. The van der Waals surface area contributed by atoms with Gasteiger partial charge in [-0.3, -0.25) is 4.79 Å². The maximum absolute atomic E-state index is 12.6. The molecule has 0 saturated carbocycles. The standard InChI is InChI=1S/C19H28N2O3/c1-21(16-11-14-6-7-15(12-16)20-14)19(22)9-5-13-4-8-17(23-2)18(10-13)24-3/h4,8,10,14-16,20H,5-7,9,11-12H2,1-3H3. The number of benzene rings is 1. The molecule has 2 unspecified atom stereocenters. The molecule has 1 N–H and O–H groups in total. The molecule has 2 bridgehead atoms. The minimum atomic E-state index is 0.232. The monoisotopic (exact) mass is 332 g/mol. The van der Waals surface area contributed by atoms with Crippen LogP contribution in [0.4, 0.5) is 0 Å². The normalized spacial score (nSPS) is 25.4. The second-order valence-electron chi connectivity index (χ2n) is 6.96. The first-order chi connectivity index (χ1) is 11.6. The van der Waals surface area contributed by atoms with Crippen molar-refractivity contribution in [1.29, 1.82) is 0 Å². The summed E-state index contributed by atoms with van der Waals surface area (Å²) in [6.07, 6.45) is 5.96. The number of piperidine rings is 1. The fourth-order valence-corrected chi connectivity index (χ4v) is 4.01. The molecule has 0 radical (unpaired) electrons. The molecule has 1 amide bonds. The van der Waals surface area contributed by atoms with E-state index in [9.17, 15) is 4.79 Å². The van der Waals surface area contributed by atoms with Gasteiger partial charge in [0.1, 0.15) is 0 Å². The van der Waals surface area contributed by atoms with Crippen LogP contribution in [0.25, 0.3) is 0 Å². The van der Waals surface area contributed by atoms with Crippen molar-refractivity contribution in [2.75, 3.05) is 21.3 Å². The van der Waals surface area contributed by atoms with Crippen LogP contribution in [0.5, 0.6) is 11.5 Å². The Hall–Kier alpha value is -1.75. The van der Waals surface area contributed by atoms with Crippen molar-refractivity contribution in [3.63, 3.8) is 0 Å². The minimum absolute atomic E-state index is 0.232. The van der Waals surface area contributed by atoms with Crippen LogP contribution in [-0.4, -0.2) is 50.2 Å². The van der Waals surface area contributed by atoms with Crippen LogP contribution in [0.15, 0.2) is 18.2 Å². The molecule has 132 valence electrons. The predicted molar refractivity (Wildman–Crippen MR) is 93.6 cm³/mol. The zero-order valence-corrected chi connectivity index (χ0v) is 14.9. The number of carbonyl (C=O) groups is 1. The number of hydrogen-bond acceptors (Lipinski definition) is 4. The molecule has 2 aliphatic heterocycles. The van der Waals surface area contributed by atoms with Crippen LogP contribution in [0.1, 0.15) is 37.7 Å². The zero-order chi connectivity index (χ0) is 17.1. The number of aryl methyl sites for hydroxylation is 1.